The third-order valence-corrected chi connectivity index (χ3v) is 5.74. The van der Waals surface area contributed by atoms with Crippen LogP contribution in [0.5, 0.6) is 5.75 Å². The van der Waals surface area contributed by atoms with Crippen molar-refractivity contribution in [3.8, 4) is 5.75 Å². The summed E-state index contributed by atoms with van der Waals surface area (Å²) in [6, 6.07) is 19.9. The van der Waals surface area contributed by atoms with Crippen LogP contribution in [0.2, 0.25) is 5.02 Å². The Morgan fingerprint density at radius 2 is 1.73 bits per heavy atom. The Morgan fingerprint density at radius 3 is 2.39 bits per heavy atom. The molecule has 1 aliphatic rings. The minimum absolute atomic E-state index is 0.216. The first-order chi connectivity index (χ1) is 15.7. The summed E-state index contributed by atoms with van der Waals surface area (Å²) in [6.45, 7) is 0.216. The van der Waals surface area contributed by atoms with Crippen molar-refractivity contribution in [2.75, 3.05) is 5.01 Å². The molecule has 0 N–H and O–H groups in total. The van der Waals surface area contributed by atoms with Crippen LogP contribution in [0.3, 0.4) is 0 Å². The largest absolute Gasteiger partial charge is 0.488 e. The summed E-state index contributed by atoms with van der Waals surface area (Å²) < 4.78 is 47.2. The summed E-state index contributed by atoms with van der Waals surface area (Å²) in [4.78, 5) is 12.8. The molecule has 1 heterocycles. The van der Waals surface area contributed by atoms with Crippen LogP contribution in [0.25, 0.3) is 6.08 Å². The number of rotatable bonds is 5. The number of alkyl halides is 3. The fourth-order valence-corrected chi connectivity index (χ4v) is 3.86. The third kappa shape index (κ3) is 5.12. The Kier molecular flexibility index (Phi) is 6.58. The van der Waals surface area contributed by atoms with Crippen molar-refractivity contribution in [1.82, 2.24) is 0 Å². The number of amides is 1. The average Bonchev–Trinajstić information content (AvgIpc) is 3.11. The number of hydrogen-bond acceptors (Lipinski definition) is 3. The molecule has 0 radical (unpaired) electrons. The topological polar surface area (TPSA) is 41.9 Å². The second-order valence-corrected chi connectivity index (χ2v) is 8.29. The molecule has 4 rings (SSSR count). The minimum atomic E-state index is -4.79. The first kappa shape index (κ1) is 23.1. The van der Waals surface area contributed by atoms with Gasteiger partial charge in [-0.1, -0.05) is 54.1 Å². The smallest absolute Gasteiger partial charge is 0.435 e. The standard InChI is InChI=1S/C24H15BrClF3N2O2/c25-19-13-15(10-11-21(19)33-14-16-6-4-5-9-20(16)26)12-18-22(24(27,28)29)30-31(23(18)32)17-7-2-1-3-8-17/h1-13H,14H2/b18-12-. The summed E-state index contributed by atoms with van der Waals surface area (Å²) in [6.07, 6.45) is -3.62. The van der Waals surface area contributed by atoms with Crippen LogP contribution in [0, 0.1) is 0 Å². The fourth-order valence-electron chi connectivity index (χ4n) is 3.16. The molecule has 3 aromatic carbocycles. The molecular weight excluding hydrogens is 521 g/mol. The van der Waals surface area contributed by atoms with Crippen molar-refractivity contribution in [2.24, 2.45) is 5.10 Å². The summed E-state index contributed by atoms with van der Waals surface area (Å²) in [5.41, 5.74) is -0.366. The third-order valence-electron chi connectivity index (χ3n) is 4.76. The molecule has 3 aromatic rings. The molecule has 0 fully saturated rings. The quantitative estimate of drug-likeness (QED) is 0.329. The van der Waals surface area contributed by atoms with Crippen LogP contribution in [0.1, 0.15) is 11.1 Å². The SMILES string of the molecule is O=C1/C(=C\c2ccc(OCc3ccccc3Cl)c(Br)c2)C(C(F)(F)F)=NN1c1ccccc1. The number of carbonyl (C=O) groups is 1. The Labute approximate surface area is 201 Å². The van der Waals surface area contributed by atoms with Crippen molar-refractivity contribution in [2.45, 2.75) is 12.8 Å². The van der Waals surface area contributed by atoms with Gasteiger partial charge in [0.1, 0.15) is 12.4 Å². The number of ether oxygens (including phenoxy) is 1. The predicted molar refractivity (Wildman–Crippen MR) is 125 cm³/mol. The van der Waals surface area contributed by atoms with Gasteiger partial charge in [0.15, 0.2) is 5.71 Å². The highest BCUT2D eigenvalue weighted by atomic mass is 79.9. The van der Waals surface area contributed by atoms with Crippen molar-refractivity contribution in [3.63, 3.8) is 0 Å². The van der Waals surface area contributed by atoms with E-state index in [9.17, 15) is 18.0 Å². The number of para-hydroxylation sites is 1. The Morgan fingerprint density at radius 1 is 1.03 bits per heavy atom. The Balaban J connectivity index is 1.60. The zero-order valence-electron chi connectivity index (χ0n) is 16.8. The zero-order valence-corrected chi connectivity index (χ0v) is 19.2. The fraction of sp³-hybridized carbons (Fsp3) is 0.0833. The van der Waals surface area contributed by atoms with Gasteiger partial charge in [-0.2, -0.15) is 23.3 Å². The van der Waals surface area contributed by atoms with Gasteiger partial charge in [-0.3, -0.25) is 4.79 Å². The number of benzene rings is 3. The van der Waals surface area contributed by atoms with Crippen LogP contribution < -0.4 is 9.75 Å². The lowest BCUT2D eigenvalue weighted by Crippen LogP contribution is -2.25. The highest BCUT2D eigenvalue weighted by molar-refractivity contribution is 9.10. The first-order valence-corrected chi connectivity index (χ1v) is 10.8. The van der Waals surface area contributed by atoms with Crippen LogP contribution in [-0.4, -0.2) is 17.8 Å². The number of anilines is 1. The molecule has 33 heavy (non-hydrogen) atoms. The molecule has 0 unspecified atom stereocenters. The average molecular weight is 536 g/mol. The van der Waals surface area contributed by atoms with E-state index in [1.165, 1.54) is 18.2 Å². The van der Waals surface area contributed by atoms with E-state index < -0.39 is 23.4 Å². The van der Waals surface area contributed by atoms with Gasteiger partial charge in [0, 0.05) is 10.6 Å². The molecule has 0 aliphatic carbocycles. The number of hydrazone groups is 1. The van der Waals surface area contributed by atoms with Crippen molar-refractivity contribution in [3.05, 3.63) is 99.0 Å². The van der Waals surface area contributed by atoms with Gasteiger partial charge in [-0.25, -0.2) is 0 Å². The lowest BCUT2D eigenvalue weighted by atomic mass is 10.1. The van der Waals surface area contributed by atoms with E-state index in [0.717, 1.165) is 10.6 Å². The molecule has 168 valence electrons. The molecule has 4 nitrogen and oxygen atoms in total. The second-order valence-electron chi connectivity index (χ2n) is 7.03. The van der Waals surface area contributed by atoms with Gasteiger partial charge in [0.05, 0.1) is 15.7 Å². The molecule has 0 saturated carbocycles. The molecule has 1 aliphatic heterocycles. The number of nitrogens with zero attached hydrogens (tertiary/aromatic N) is 2. The van der Waals surface area contributed by atoms with Gasteiger partial charge in [-0.15, -0.1) is 0 Å². The van der Waals surface area contributed by atoms with E-state index in [4.69, 9.17) is 16.3 Å². The number of hydrogen-bond donors (Lipinski definition) is 0. The van der Waals surface area contributed by atoms with Crippen molar-refractivity contribution in [1.29, 1.82) is 0 Å². The Bertz CT molecular complexity index is 1260. The lowest BCUT2D eigenvalue weighted by molar-refractivity contribution is -0.114. The molecule has 9 heteroatoms. The zero-order chi connectivity index (χ0) is 23.6. The van der Waals surface area contributed by atoms with E-state index in [1.807, 2.05) is 18.2 Å². The lowest BCUT2D eigenvalue weighted by Gasteiger charge is -2.11. The van der Waals surface area contributed by atoms with Gasteiger partial charge < -0.3 is 4.74 Å². The highest BCUT2D eigenvalue weighted by Gasteiger charge is 2.46. The molecular formula is C24H15BrClF3N2O2. The predicted octanol–water partition coefficient (Wildman–Crippen LogP) is 7.03. The van der Waals surface area contributed by atoms with E-state index in [0.29, 0.717) is 20.8 Å². The van der Waals surface area contributed by atoms with Crippen molar-refractivity contribution >= 4 is 50.9 Å². The van der Waals surface area contributed by atoms with Crippen LogP contribution in [0.4, 0.5) is 18.9 Å². The second kappa shape index (κ2) is 9.41. The van der Waals surface area contributed by atoms with Gasteiger partial charge in [0.25, 0.3) is 5.91 Å². The van der Waals surface area contributed by atoms with E-state index in [-0.39, 0.29) is 12.3 Å². The molecule has 1 amide bonds. The molecule has 0 bridgehead atoms. The van der Waals surface area contributed by atoms with Gasteiger partial charge in [0.2, 0.25) is 0 Å². The maximum Gasteiger partial charge on any atom is 0.435 e. The summed E-state index contributed by atoms with van der Waals surface area (Å²) >= 11 is 9.50. The summed E-state index contributed by atoms with van der Waals surface area (Å²) in [5.74, 6) is -0.380. The highest BCUT2D eigenvalue weighted by Crippen LogP contribution is 2.34. The molecule has 0 saturated heterocycles. The van der Waals surface area contributed by atoms with Crippen LogP contribution in [0.15, 0.2) is 87.9 Å². The maximum atomic E-state index is 13.6. The maximum absolute atomic E-state index is 13.6. The summed E-state index contributed by atoms with van der Waals surface area (Å²) in [5, 5.41) is 4.88. The number of carbonyl (C=O) groups excluding carboxylic acids is 1. The van der Waals surface area contributed by atoms with Crippen LogP contribution >= 0.6 is 27.5 Å². The minimum Gasteiger partial charge on any atom is -0.488 e. The Hall–Kier alpha value is -3.10. The van der Waals surface area contributed by atoms with E-state index in [2.05, 4.69) is 21.0 Å². The molecule has 0 spiro atoms. The summed E-state index contributed by atoms with van der Waals surface area (Å²) in [7, 11) is 0. The molecule has 0 atom stereocenters. The van der Waals surface area contributed by atoms with Crippen molar-refractivity contribution < 1.29 is 22.7 Å². The van der Waals surface area contributed by atoms with E-state index in [1.54, 1.807) is 42.5 Å². The van der Waals surface area contributed by atoms with E-state index >= 15 is 0 Å². The van der Waals surface area contributed by atoms with Gasteiger partial charge >= 0.3 is 6.18 Å². The normalized spacial score (nSPS) is 15.2. The monoisotopic (exact) mass is 534 g/mol. The molecule has 0 aromatic heterocycles. The van der Waals surface area contributed by atoms with Crippen LogP contribution in [-0.2, 0) is 11.4 Å². The number of halogens is 5. The van der Waals surface area contributed by atoms with Gasteiger partial charge in [-0.05, 0) is 57.9 Å². The first-order valence-electron chi connectivity index (χ1n) is 9.67.